The Morgan fingerprint density at radius 1 is 1.31 bits per heavy atom. The summed E-state index contributed by atoms with van der Waals surface area (Å²) in [7, 11) is 0. The highest BCUT2D eigenvalue weighted by Gasteiger charge is 2.90. The zero-order valence-electron chi connectivity index (χ0n) is 14.2. The van der Waals surface area contributed by atoms with Crippen molar-refractivity contribution in [3.8, 4) is 0 Å². The predicted octanol–water partition coefficient (Wildman–Crippen LogP) is -0.0596. The molecule has 4 bridgehead atoms. The van der Waals surface area contributed by atoms with Gasteiger partial charge in [-0.1, -0.05) is 30.3 Å². The molecular formula is C19H21N3O4. The quantitative estimate of drug-likeness (QED) is 0.555. The molecule has 6 atom stereocenters. The van der Waals surface area contributed by atoms with Crippen LogP contribution in [0.5, 0.6) is 0 Å². The summed E-state index contributed by atoms with van der Waals surface area (Å²) in [6, 6.07) is 8.90. The van der Waals surface area contributed by atoms with Crippen LogP contribution in [-0.4, -0.2) is 41.1 Å². The van der Waals surface area contributed by atoms with Gasteiger partial charge in [0, 0.05) is 5.92 Å². The Bertz CT molecular complexity index is 812. The van der Waals surface area contributed by atoms with Crippen molar-refractivity contribution in [3.63, 3.8) is 0 Å². The zero-order valence-corrected chi connectivity index (χ0v) is 14.2. The maximum Gasteiger partial charge on any atom is 0.322 e. The van der Waals surface area contributed by atoms with Crippen molar-refractivity contribution in [1.82, 2.24) is 16.0 Å². The number of rotatable bonds is 5. The molecule has 5 fully saturated rings. The van der Waals surface area contributed by atoms with Crippen LogP contribution in [0.3, 0.4) is 0 Å². The van der Waals surface area contributed by atoms with E-state index < -0.39 is 17.0 Å². The van der Waals surface area contributed by atoms with Gasteiger partial charge in [0.2, 0.25) is 5.91 Å². The van der Waals surface area contributed by atoms with Crippen LogP contribution < -0.4 is 16.0 Å². The van der Waals surface area contributed by atoms with E-state index in [1.165, 1.54) is 0 Å². The predicted molar refractivity (Wildman–Crippen MR) is 90.7 cm³/mol. The molecule has 4 saturated carbocycles. The first-order valence-electron chi connectivity index (χ1n) is 9.11. The largest absolute Gasteiger partial charge is 0.394 e. The molecule has 0 aromatic heterocycles. The fourth-order valence-electron chi connectivity index (χ4n) is 6.04. The van der Waals surface area contributed by atoms with E-state index in [9.17, 15) is 19.5 Å². The SMILES string of the molecule is O=C1NC(=O)[C@]2(N1)[C@H]1C[C@H]3[C@@H]2[C@]3(C(=O)N[C@@H](CO)Cc2ccccc2)C1. The lowest BCUT2D eigenvalue weighted by atomic mass is 9.88. The highest BCUT2D eigenvalue weighted by atomic mass is 16.3. The van der Waals surface area contributed by atoms with Crippen LogP contribution in [0.25, 0.3) is 0 Å². The van der Waals surface area contributed by atoms with E-state index in [-0.39, 0.29) is 42.2 Å². The Morgan fingerprint density at radius 2 is 2.08 bits per heavy atom. The van der Waals surface area contributed by atoms with Gasteiger partial charge in [-0.15, -0.1) is 0 Å². The number of amides is 4. The fraction of sp³-hybridized carbons (Fsp3) is 0.526. The van der Waals surface area contributed by atoms with Crippen molar-refractivity contribution in [2.75, 3.05) is 6.61 Å². The molecule has 136 valence electrons. The number of carbonyl (C=O) groups excluding carboxylic acids is 3. The highest BCUT2D eigenvalue weighted by Crippen LogP contribution is 2.82. The van der Waals surface area contributed by atoms with Crippen LogP contribution in [0.15, 0.2) is 30.3 Å². The third-order valence-electron chi connectivity index (χ3n) is 6.99. The first kappa shape index (κ1) is 15.8. The molecule has 26 heavy (non-hydrogen) atoms. The molecule has 1 heterocycles. The number of urea groups is 1. The average Bonchev–Trinajstić information content (AvgIpc) is 2.98. The van der Waals surface area contributed by atoms with E-state index in [1.54, 1.807) is 0 Å². The summed E-state index contributed by atoms with van der Waals surface area (Å²) < 4.78 is 0. The van der Waals surface area contributed by atoms with Crippen molar-refractivity contribution >= 4 is 17.8 Å². The molecule has 6 rings (SSSR count). The molecule has 0 radical (unpaired) electrons. The smallest absolute Gasteiger partial charge is 0.322 e. The van der Waals surface area contributed by atoms with Crippen LogP contribution in [-0.2, 0) is 16.0 Å². The van der Waals surface area contributed by atoms with Crippen LogP contribution >= 0.6 is 0 Å². The Kier molecular flexibility index (Phi) is 3.08. The molecule has 4 N–H and O–H groups in total. The van der Waals surface area contributed by atoms with Gasteiger partial charge in [-0.05, 0) is 36.7 Å². The van der Waals surface area contributed by atoms with Crippen molar-refractivity contribution in [3.05, 3.63) is 35.9 Å². The third kappa shape index (κ3) is 1.79. The van der Waals surface area contributed by atoms with Crippen molar-refractivity contribution < 1.29 is 19.5 Å². The summed E-state index contributed by atoms with van der Waals surface area (Å²) in [5.74, 6) is -0.322. The number of benzene rings is 1. The number of carbonyl (C=O) groups is 3. The molecule has 4 amide bonds. The van der Waals surface area contributed by atoms with Gasteiger partial charge in [0.15, 0.2) is 0 Å². The van der Waals surface area contributed by atoms with Gasteiger partial charge in [-0.25, -0.2) is 4.79 Å². The monoisotopic (exact) mass is 355 g/mol. The molecular weight excluding hydrogens is 334 g/mol. The number of nitrogens with one attached hydrogen (secondary N) is 3. The number of aliphatic hydroxyl groups excluding tert-OH is 1. The number of hydrogen-bond donors (Lipinski definition) is 4. The lowest BCUT2D eigenvalue weighted by Gasteiger charge is -2.24. The van der Waals surface area contributed by atoms with Crippen LogP contribution in [0.1, 0.15) is 18.4 Å². The van der Waals surface area contributed by atoms with E-state index in [2.05, 4.69) is 16.0 Å². The van der Waals surface area contributed by atoms with E-state index in [4.69, 9.17) is 0 Å². The van der Waals surface area contributed by atoms with E-state index in [1.807, 2.05) is 30.3 Å². The summed E-state index contributed by atoms with van der Waals surface area (Å²) in [5.41, 5.74) is -0.414. The summed E-state index contributed by atoms with van der Waals surface area (Å²) >= 11 is 0. The van der Waals surface area contributed by atoms with Gasteiger partial charge in [-0.3, -0.25) is 14.9 Å². The van der Waals surface area contributed by atoms with Gasteiger partial charge in [0.1, 0.15) is 5.54 Å². The van der Waals surface area contributed by atoms with Gasteiger partial charge in [-0.2, -0.15) is 0 Å². The van der Waals surface area contributed by atoms with E-state index >= 15 is 0 Å². The maximum absolute atomic E-state index is 13.1. The molecule has 1 spiro atoms. The Hall–Kier alpha value is -2.41. The van der Waals surface area contributed by atoms with Gasteiger partial charge in [0.25, 0.3) is 5.91 Å². The minimum Gasteiger partial charge on any atom is -0.394 e. The van der Waals surface area contributed by atoms with E-state index in [0.717, 1.165) is 12.0 Å². The molecule has 1 aromatic carbocycles. The lowest BCUT2D eigenvalue weighted by molar-refractivity contribution is -0.128. The van der Waals surface area contributed by atoms with Crippen LogP contribution in [0.2, 0.25) is 0 Å². The number of imide groups is 1. The maximum atomic E-state index is 13.1. The molecule has 7 heteroatoms. The Balaban J connectivity index is 1.33. The topological polar surface area (TPSA) is 108 Å². The van der Waals surface area contributed by atoms with Gasteiger partial charge >= 0.3 is 6.03 Å². The normalized spacial score (nSPS) is 39.7. The first-order valence-corrected chi connectivity index (χ1v) is 9.11. The molecule has 0 unspecified atom stereocenters. The molecule has 4 aliphatic carbocycles. The fourth-order valence-corrected chi connectivity index (χ4v) is 6.04. The first-order chi connectivity index (χ1) is 12.5. The van der Waals surface area contributed by atoms with Crippen LogP contribution in [0, 0.1) is 23.2 Å². The molecule has 7 nitrogen and oxygen atoms in total. The van der Waals surface area contributed by atoms with Gasteiger partial charge in [0.05, 0.1) is 18.1 Å². The third-order valence-corrected chi connectivity index (χ3v) is 6.99. The molecule has 1 aliphatic heterocycles. The van der Waals surface area contributed by atoms with Crippen molar-refractivity contribution in [2.24, 2.45) is 23.2 Å². The second kappa shape index (κ2) is 5.07. The van der Waals surface area contributed by atoms with Crippen molar-refractivity contribution in [1.29, 1.82) is 0 Å². The minimum atomic E-state index is -0.896. The summed E-state index contributed by atoms with van der Waals surface area (Å²) in [6.45, 7) is -0.141. The zero-order chi connectivity index (χ0) is 18.1. The minimum absolute atomic E-state index is 0.0244. The second-order valence-corrected chi connectivity index (χ2v) is 8.08. The summed E-state index contributed by atoms with van der Waals surface area (Å²) in [5, 5.41) is 17.9. The molecule has 1 saturated heterocycles. The number of hydrogen-bond acceptors (Lipinski definition) is 4. The van der Waals surface area contributed by atoms with Crippen LogP contribution in [0.4, 0.5) is 4.79 Å². The van der Waals surface area contributed by atoms with Crippen molar-refractivity contribution in [2.45, 2.75) is 30.8 Å². The lowest BCUT2D eigenvalue weighted by Crippen LogP contribution is -2.51. The molecule has 5 aliphatic rings. The standard InChI is InChI=1S/C19H21N3O4/c23-9-12(6-10-4-2-1-3-5-10)20-15(24)18-8-11-7-13(18)14(18)19(11)16(25)21-17(26)22-19/h1-5,11-14,23H,6-9H2,(H,20,24)(H2,21,22,25,26)/t11-,12+,13-,14+,18-,19-/m0/s1. The Labute approximate surface area is 150 Å². The highest BCUT2D eigenvalue weighted by molar-refractivity contribution is 6.10. The number of aliphatic hydroxyl groups is 1. The van der Waals surface area contributed by atoms with E-state index in [0.29, 0.717) is 12.8 Å². The summed E-state index contributed by atoms with van der Waals surface area (Å²) in [6.07, 6.45) is 1.99. The summed E-state index contributed by atoms with van der Waals surface area (Å²) in [4.78, 5) is 37.1. The molecule has 1 aromatic rings. The Morgan fingerprint density at radius 3 is 2.69 bits per heavy atom. The van der Waals surface area contributed by atoms with Gasteiger partial charge < -0.3 is 15.7 Å². The second-order valence-electron chi connectivity index (χ2n) is 8.08. The average molecular weight is 355 g/mol.